The van der Waals surface area contributed by atoms with Crippen molar-refractivity contribution in [2.45, 2.75) is 201 Å². The van der Waals surface area contributed by atoms with Gasteiger partial charge in [-0.2, -0.15) is 0 Å². The zero-order chi connectivity index (χ0) is 83.2. The molecule has 608 valence electrons. The van der Waals surface area contributed by atoms with Gasteiger partial charge in [0.25, 0.3) is 23.6 Å². The molecule has 13 atom stereocenters. The number of hydrogen-bond acceptors (Lipinski definition) is 23. The molecule has 0 saturated carbocycles. The van der Waals surface area contributed by atoms with Crippen molar-refractivity contribution in [2.24, 2.45) is 23.5 Å². The number of anilines is 1. The molecule has 38 heteroatoms. The lowest BCUT2D eigenvalue weighted by atomic mass is 9.96. The first kappa shape index (κ1) is 93.7. The third-order valence-corrected chi connectivity index (χ3v) is 18.2. The van der Waals surface area contributed by atoms with E-state index >= 15 is 0 Å². The highest BCUT2D eigenvalue weighted by atomic mass is 31.2. The number of benzene rings is 2. The molecule has 1 heterocycles. The summed E-state index contributed by atoms with van der Waals surface area (Å²) >= 11 is 0. The largest absolute Gasteiger partial charge is 0.472 e. The Morgan fingerprint density at radius 2 is 1.25 bits per heavy atom. The number of hydrogen-bond donors (Lipinski definition) is 11. The summed E-state index contributed by atoms with van der Waals surface area (Å²) in [6, 6.07) is 2.51. The second kappa shape index (κ2) is 44.9. The van der Waals surface area contributed by atoms with Crippen molar-refractivity contribution in [1.82, 2.24) is 57.2 Å². The van der Waals surface area contributed by atoms with E-state index in [0.29, 0.717) is 5.56 Å². The highest BCUT2D eigenvalue weighted by Crippen LogP contribution is 2.47. The number of nitrogens with two attached hydrogens (primary N) is 1. The van der Waals surface area contributed by atoms with E-state index in [1.54, 1.807) is 51.1 Å². The number of nitrogens with one attached hydrogen (secondary N) is 9. The molecular formula is C72H106N13O24P. The number of carbonyl (C=O) groups is 16. The van der Waals surface area contributed by atoms with E-state index in [1.165, 1.54) is 101 Å². The van der Waals surface area contributed by atoms with Crippen LogP contribution in [-0.4, -0.2) is 229 Å². The number of likely N-dealkylation sites (N-methyl/N-ethyl adjacent to an activating group) is 3. The van der Waals surface area contributed by atoms with E-state index in [4.69, 9.17) is 33.7 Å². The quantitative estimate of drug-likeness (QED) is 0.0109. The van der Waals surface area contributed by atoms with Crippen LogP contribution in [0.2, 0.25) is 0 Å². The van der Waals surface area contributed by atoms with Crippen molar-refractivity contribution in [1.29, 1.82) is 0 Å². The maximum Gasteiger partial charge on any atom is 0.472 e. The third kappa shape index (κ3) is 30.2. The normalized spacial score (nSPS) is 15.7. The zero-order valence-corrected chi connectivity index (χ0v) is 65.7. The minimum absolute atomic E-state index is 0.0256. The molecule has 0 radical (unpaired) electrons. The van der Waals surface area contributed by atoms with Gasteiger partial charge in [0, 0.05) is 85.4 Å². The lowest BCUT2D eigenvalue weighted by Gasteiger charge is -2.35. The molecule has 1 unspecified atom stereocenters. The molecule has 12 N–H and O–H groups in total. The lowest BCUT2D eigenvalue weighted by molar-refractivity contribution is -0.167. The molecule has 110 heavy (non-hydrogen) atoms. The molecule has 2 aromatic rings. The summed E-state index contributed by atoms with van der Waals surface area (Å²) in [5.74, 6) is -15.0. The minimum Gasteiger partial charge on any atom is -0.460 e. The van der Waals surface area contributed by atoms with Crippen LogP contribution in [0.15, 0.2) is 79.0 Å². The molecule has 0 aromatic heterocycles. The van der Waals surface area contributed by atoms with Crippen LogP contribution in [0.5, 0.6) is 0 Å². The SMILES string of the molecule is C=C(C(=O)N[C@@H](C)C(=O)N(C)[C@@H](C)C(=O)N[C@H](C(=O)NC)[C@H](OC(=O)[C@@H](NC(=O)CC)[C@H](OP(=O)(O)OCc1ccc(NC(=O)[C@H](CCCNC(N)=O)NC(=O)[C@@H](NC(=O)CCN2C(=O)C=CC2=O)C(C)C)cc1)C(C)C)C(C)C)N(C)C(=O)[C@@H](Cc1ccccc1)OC(=O)[C@@H](NC(C)=O)[C@@H](C)OC(=O)C[C@@H](C)OC. The standard InChI is InChI=1S/C72H106N13O24P/c1-18-52(87)80-60(62(40(6)7)109-110(102,103)105-37-48-26-28-49(29-27-48)78-65(94)50(25-22-33-75-72(73)101)79-67(96)57(38(2)3)81-53(88)32-34-85-54(89)30-31-55(85)90)71(100)108-61(39(4)5)59(66(95)74-14)82-64(93)44(11)83(15)68(97)42(9)76-63(92)43(10)84(16)69(98)51(36-47-23-20-19-21-24-47)107-70(99)58(77-46(13)86)45(12)106-56(91)35-41(8)104-17/h19-21,23-24,26-31,38-42,44-45,50-51,57-62H,10,18,22,25,32-37H2,1-9,11-17H3,(H,74,95)(H,76,92)(H,77,86)(H,78,94)(H,79,96)(H,80,87)(H,81,88)(H,82,93)(H,102,103)(H3,73,75,101)/t41-,42+,44+,45-,50+,51-,57+,58+,59+,60+,61-,62-/m1/s1. The minimum atomic E-state index is -5.23. The number of primary amides is 1. The Kier molecular flexibility index (Phi) is 38.2. The molecule has 1 aliphatic rings. The van der Waals surface area contributed by atoms with Gasteiger partial charge in [0.1, 0.15) is 54.2 Å². The molecule has 1 aliphatic heterocycles. The van der Waals surface area contributed by atoms with Crippen LogP contribution in [0.25, 0.3) is 0 Å². The zero-order valence-electron chi connectivity index (χ0n) is 64.8. The van der Waals surface area contributed by atoms with Crippen LogP contribution in [0.3, 0.4) is 0 Å². The predicted octanol–water partition coefficient (Wildman–Crippen LogP) is 0.705. The summed E-state index contributed by atoms with van der Waals surface area (Å²) in [6.07, 6.45) is -5.53. The average Bonchev–Trinajstić information content (AvgIpc) is 1.01. The summed E-state index contributed by atoms with van der Waals surface area (Å²) in [5, 5.41) is 22.5. The van der Waals surface area contributed by atoms with Gasteiger partial charge in [0.15, 0.2) is 18.2 Å². The number of phosphoric ester groups is 1. The second-order valence-electron chi connectivity index (χ2n) is 27.0. The first-order valence-electron chi connectivity index (χ1n) is 35.5. The summed E-state index contributed by atoms with van der Waals surface area (Å²) in [4.78, 5) is 226. The molecule has 2 aromatic carbocycles. The van der Waals surface area contributed by atoms with Crippen LogP contribution >= 0.6 is 7.82 Å². The monoisotopic (exact) mass is 1570 g/mol. The number of methoxy groups -OCH3 is 1. The van der Waals surface area contributed by atoms with E-state index in [-0.39, 0.29) is 62.9 Å². The Bertz CT molecular complexity index is 3690. The van der Waals surface area contributed by atoms with E-state index < -0.39 is 206 Å². The Morgan fingerprint density at radius 3 is 1.79 bits per heavy atom. The number of imide groups is 1. The first-order valence-corrected chi connectivity index (χ1v) is 37.0. The number of phosphoric acid groups is 1. The first-order chi connectivity index (χ1) is 51.5. The van der Waals surface area contributed by atoms with Gasteiger partial charge in [0.05, 0.1) is 19.1 Å². The van der Waals surface area contributed by atoms with Gasteiger partial charge in [-0.15, -0.1) is 0 Å². The van der Waals surface area contributed by atoms with Crippen LogP contribution in [0.1, 0.15) is 126 Å². The third-order valence-electron chi connectivity index (χ3n) is 17.2. The van der Waals surface area contributed by atoms with Gasteiger partial charge in [-0.25, -0.2) is 18.9 Å². The highest BCUT2D eigenvalue weighted by Gasteiger charge is 2.45. The Hall–Kier alpha value is -10.5. The molecule has 0 spiro atoms. The number of urea groups is 1. The van der Waals surface area contributed by atoms with Crippen molar-refractivity contribution in [3.05, 3.63) is 90.2 Å². The van der Waals surface area contributed by atoms with Gasteiger partial charge in [-0.3, -0.25) is 76.3 Å². The van der Waals surface area contributed by atoms with Crippen molar-refractivity contribution in [2.75, 3.05) is 46.7 Å². The fourth-order valence-electron chi connectivity index (χ4n) is 10.6. The van der Waals surface area contributed by atoms with Crippen LogP contribution in [0.4, 0.5) is 10.5 Å². The number of amides is 14. The number of carbonyl (C=O) groups excluding carboxylic acids is 16. The summed E-state index contributed by atoms with van der Waals surface area (Å²) in [5.41, 5.74) is 5.58. The summed E-state index contributed by atoms with van der Waals surface area (Å²) < 4.78 is 47.0. The Labute approximate surface area is 638 Å². The van der Waals surface area contributed by atoms with Crippen molar-refractivity contribution >= 4 is 108 Å². The van der Waals surface area contributed by atoms with Crippen molar-refractivity contribution in [3.63, 3.8) is 0 Å². The van der Waals surface area contributed by atoms with Crippen LogP contribution in [0, 0.1) is 17.8 Å². The number of ether oxygens (including phenoxy) is 4. The number of nitrogens with zero attached hydrogens (tertiary/aromatic N) is 3. The van der Waals surface area contributed by atoms with Crippen LogP contribution < -0.4 is 53.6 Å². The average molecular weight is 1570 g/mol. The topological polar surface area (TPSA) is 510 Å². The van der Waals surface area contributed by atoms with Gasteiger partial charge in [0.2, 0.25) is 47.3 Å². The Balaban J connectivity index is 1.78. The Morgan fingerprint density at radius 1 is 0.655 bits per heavy atom. The van der Waals surface area contributed by atoms with E-state index in [2.05, 4.69) is 54.4 Å². The van der Waals surface area contributed by atoms with E-state index in [9.17, 15) is 86.2 Å². The van der Waals surface area contributed by atoms with Gasteiger partial charge < -0.3 is 87.2 Å². The summed E-state index contributed by atoms with van der Waals surface area (Å²) in [6.45, 7) is 20.2. The van der Waals surface area contributed by atoms with E-state index in [0.717, 1.165) is 40.8 Å². The second-order valence-corrected chi connectivity index (χ2v) is 28.4. The fraction of sp³-hybridized carbons (Fsp3) is 0.556. The van der Waals surface area contributed by atoms with Crippen molar-refractivity contribution < 1.29 is 114 Å². The molecule has 0 aliphatic carbocycles. The molecule has 14 amide bonds. The molecule has 3 rings (SSSR count). The molecular weight excluding hydrogens is 1460 g/mol. The number of rotatable bonds is 45. The maximum absolute atomic E-state index is 14.6. The number of esters is 3. The van der Waals surface area contributed by atoms with Gasteiger partial charge in [-0.05, 0) is 81.5 Å². The van der Waals surface area contributed by atoms with Gasteiger partial charge >= 0.3 is 31.8 Å². The molecule has 0 saturated heterocycles. The lowest BCUT2D eigenvalue weighted by Crippen LogP contribution is -2.61. The fourth-order valence-corrected chi connectivity index (χ4v) is 11.6. The highest BCUT2D eigenvalue weighted by molar-refractivity contribution is 7.47. The molecule has 37 nitrogen and oxygen atoms in total. The predicted molar refractivity (Wildman–Crippen MR) is 394 cm³/mol. The van der Waals surface area contributed by atoms with Crippen LogP contribution in [-0.2, 0) is 118 Å². The van der Waals surface area contributed by atoms with Crippen molar-refractivity contribution in [3.8, 4) is 0 Å². The maximum atomic E-state index is 14.6. The van der Waals surface area contributed by atoms with Gasteiger partial charge in [-0.1, -0.05) is 97.5 Å². The van der Waals surface area contributed by atoms with E-state index in [1.807, 2.05) is 0 Å². The molecule has 0 bridgehead atoms. The molecule has 0 fully saturated rings. The summed E-state index contributed by atoms with van der Waals surface area (Å²) in [7, 11) is -0.276. The smallest absolute Gasteiger partial charge is 0.460 e.